The average Bonchev–Trinajstić information content (AvgIpc) is 3.00. The van der Waals surface area contributed by atoms with E-state index in [2.05, 4.69) is 80.6 Å². The van der Waals surface area contributed by atoms with Crippen molar-refractivity contribution in [2.24, 2.45) is 0 Å². The SMILES string of the molecule is Cc1cc(-c2ncccc2-c2ccc3c(c2)CC(C)N3)ccc1N(C)C. The van der Waals surface area contributed by atoms with Gasteiger partial charge in [0.15, 0.2) is 0 Å². The molecule has 0 bridgehead atoms. The highest BCUT2D eigenvalue weighted by atomic mass is 15.1. The van der Waals surface area contributed by atoms with Gasteiger partial charge in [-0.25, -0.2) is 0 Å². The number of pyridine rings is 1. The summed E-state index contributed by atoms with van der Waals surface area (Å²) in [5.74, 6) is 0. The summed E-state index contributed by atoms with van der Waals surface area (Å²) in [5, 5.41) is 3.53. The Morgan fingerprint density at radius 3 is 2.62 bits per heavy atom. The van der Waals surface area contributed by atoms with Gasteiger partial charge in [0.05, 0.1) is 5.69 Å². The van der Waals surface area contributed by atoms with Crippen LogP contribution in [-0.4, -0.2) is 25.1 Å². The third-order valence-electron chi connectivity index (χ3n) is 5.10. The zero-order valence-electron chi connectivity index (χ0n) is 15.9. The maximum atomic E-state index is 4.72. The Bertz CT molecular complexity index is 959. The van der Waals surface area contributed by atoms with Crippen molar-refractivity contribution < 1.29 is 0 Å². The molecule has 1 unspecified atom stereocenters. The maximum absolute atomic E-state index is 4.72. The Balaban J connectivity index is 1.79. The Hall–Kier alpha value is -2.81. The standard InChI is InChI=1S/C23H25N3/c1-15-12-18(8-10-22(15)26(3)4)23-20(6-5-11-24-23)17-7-9-21-19(14-17)13-16(2)25-21/h5-12,14,16,25H,13H2,1-4H3. The zero-order valence-corrected chi connectivity index (χ0v) is 15.9. The summed E-state index contributed by atoms with van der Waals surface area (Å²) in [5.41, 5.74) is 9.78. The first-order valence-corrected chi connectivity index (χ1v) is 9.16. The third kappa shape index (κ3) is 2.94. The van der Waals surface area contributed by atoms with Crippen LogP contribution in [0.4, 0.5) is 11.4 Å². The molecule has 0 saturated carbocycles. The number of hydrogen-bond donors (Lipinski definition) is 1. The van der Waals surface area contributed by atoms with E-state index in [4.69, 9.17) is 4.98 Å². The Labute approximate surface area is 155 Å². The Morgan fingerprint density at radius 2 is 1.85 bits per heavy atom. The minimum atomic E-state index is 0.509. The molecule has 2 aromatic carbocycles. The molecule has 26 heavy (non-hydrogen) atoms. The highest BCUT2D eigenvalue weighted by Gasteiger charge is 2.18. The molecule has 2 heterocycles. The summed E-state index contributed by atoms with van der Waals surface area (Å²) in [6.45, 7) is 4.38. The van der Waals surface area contributed by atoms with E-state index in [0.29, 0.717) is 6.04 Å². The van der Waals surface area contributed by atoms with Gasteiger partial charge < -0.3 is 10.2 Å². The van der Waals surface area contributed by atoms with Crippen molar-refractivity contribution in [3.8, 4) is 22.4 Å². The van der Waals surface area contributed by atoms with Gasteiger partial charge in [-0.1, -0.05) is 18.2 Å². The van der Waals surface area contributed by atoms with Crippen LogP contribution in [0, 0.1) is 6.92 Å². The van der Waals surface area contributed by atoms with Crippen LogP contribution < -0.4 is 10.2 Å². The topological polar surface area (TPSA) is 28.2 Å². The molecule has 1 aromatic heterocycles. The lowest BCUT2D eigenvalue weighted by molar-refractivity contribution is 0.839. The normalized spacial score (nSPS) is 15.5. The fraction of sp³-hybridized carbons (Fsp3) is 0.261. The van der Waals surface area contributed by atoms with Crippen molar-refractivity contribution in [1.29, 1.82) is 0 Å². The van der Waals surface area contributed by atoms with E-state index in [1.54, 1.807) is 0 Å². The highest BCUT2D eigenvalue weighted by molar-refractivity contribution is 5.83. The Kier molecular flexibility index (Phi) is 4.15. The van der Waals surface area contributed by atoms with E-state index in [9.17, 15) is 0 Å². The predicted molar refractivity (Wildman–Crippen MR) is 111 cm³/mol. The number of nitrogens with one attached hydrogen (secondary N) is 1. The lowest BCUT2D eigenvalue weighted by Gasteiger charge is -2.17. The minimum absolute atomic E-state index is 0.509. The summed E-state index contributed by atoms with van der Waals surface area (Å²) in [6.07, 6.45) is 2.96. The number of aromatic nitrogens is 1. The van der Waals surface area contributed by atoms with E-state index >= 15 is 0 Å². The summed E-state index contributed by atoms with van der Waals surface area (Å²) in [6, 6.07) is 18.0. The number of aryl methyl sites for hydroxylation is 1. The van der Waals surface area contributed by atoms with E-state index in [1.165, 1.54) is 33.6 Å². The number of hydrogen-bond acceptors (Lipinski definition) is 3. The number of benzene rings is 2. The molecule has 0 fully saturated rings. The van der Waals surface area contributed by atoms with Crippen LogP contribution in [0.15, 0.2) is 54.7 Å². The second-order valence-corrected chi connectivity index (χ2v) is 7.42. The summed E-state index contributed by atoms with van der Waals surface area (Å²) in [4.78, 5) is 6.87. The molecule has 3 heteroatoms. The van der Waals surface area contributed by atoms with Gasteiger partial charge in [-0.2, -0.15) is 0 Å². The number of fused-ring (bicyclic) bond motifs is 1. The molecule has 132 valence electrons. The van der Waals surface area contributed by atoms with Gasteiger partial charge in [0.1, 0.15) is 0 Å². The molecule has 0 radical (unpaired) electrons. The molecule has 3 aromatic rings. The molecule has 0 saturated heterocycles. The molecular formula is C23H25N3. The molecule has 1 atom stereocenters. The van der Waals surface area contributed by atoms with Crippen molar-refractivity contribution in [3.63, 3.8) is 0 Å². The molecule has 4 rings (SSSR count). The van der Waals surface area contributed by atoms with Gasteiger partial charge in [-0.15, -0.1) is 0 Å². The first-order valence-electron chi connectivity index (χ1n) is 9.16. The van der Waals surface area contributed by atoms with Crippen molar-refractivity contribution >= 4 is 11.4 Å². The smallest absolute Gasteiger partial charge is 0.0780 e. The lowest BCUT2D eigenvalue weighted by Crippen LogP contribution is -2.10. The second kappa shape index (κ2) is 6.49. The fourth-order valence-electron chi connectivity index (χ4n) is 3.89. The van der Waals surface area contributed by atoms with Crippen molar-refractivity contribution in [3.05, 3.63) is 65.9 Å². The molecule has 0 aliphatic carbocycles. The van der Waals surface area contributed by atoms with Crippen molar-refractivity contribution in [1.82, 2.24) is 4.98 Å². The third-order valence-corrected chi connectivity index (χ3v) is 5.10. The second-order valence-electron chi connectivity index (χ2n) is 7.42. The van der Waals surface area contributed by atoms with Crippen LogP contribution in [-0.2, 0) is 6.42 Å². The van der Waals surface area contributed by atoms with Gasteiger partial charge in [0.2, 0.25) is 0 Å². The zero-order chi connectivity index (χ0) is 18.3. The van der Waals surface area contributed by atoms with Gasteiger partial charge in [-0.05, 0) is 67.3 Å². The van der Waals surface area contributed by atoms with Gasteiger partial charge in [0, 0.05) is 48.8 Å². The first kappa shape index (κ1) is 16.6. The van der Waals surface area contributed by atoms with E-state index in [0.717, 1.165) is 17.7 Å². The summed E-state index contributed by atoms with van der Waals surface area (Å²) >= 11 is 0. The molecule has 0 spiro atoms. The number of nitrogens with zero attached hydrogens (tertiary/aromatic N) is 2. The predicted octanol–water partition coefficient (Wildman–Crippen LogP) is 5.15. The van der Waals surface area contributed by atoms with Crippen LogP contribution in [0.2, 0.25) is 0 Å². The molecule has 0 amide bonds. The number of rotatable bonds is 3. The largest absolute Gasteiger partial charge is 0.382 e. The average molecular weight is 343 g/mol. The molecular weight excluding hydrogens is 318 g/mol. The molecule has 1 aliphatic rings. The van der Waals surface area contributed by atoms with Crippen LogP contribution in [0.1, 0.15) is 18.1 Å². The van der Waals surface area contributed by atoms with Crippen molar-refractivity contribution in [2.45, 2.75) is 26.3 Å². The van der Waals surface area contributed by atoms with Crippen LogP contribution in [0.5, 0.6) is 0 Å². The quantitative estimate of drug-likeness (QED) is 0.713. The van der Waals surface area contributed by atoms with E-state index < -0.39 is 0 Å². The fourth-order valence-corrected chi connectivity index (χ4v) is 3.89. The van der Waals surface area contributed by atoms with Crippen molar-refractivity contribution in [2.75, 3.05) is 24.3 Å². The maximum Gasteiger partial charge on any atom is 0.0780 e. The van der Waals surface area contributed by atoms with Crippen LogP contribution in [0.3, 0.4) is 0 Å². The lowest BCUT2D eigenvalue weighted by atomic mass is 9.96. The van der Waals surface area contributed by atoms with Gasteiger partial charge in [-0.3, -0.25) is 4.98 Å². The van der Waals surface area contributed by atoms with Crippen LogP contribution >= 0.6 is 0 Å². The minimum Gasteiger partial charge on any atom is -0.382 e. The van der Waals surface area contributed by atoms with Crippen LogP contribution in [0.25, 0.3) is 22.4 Å². The molecule has 3 nitrogen and oxygen atoms in total. The van der Waals surface area contributed by atoms with Gasteiger partial charge >= 0.3 is 0 Å². The first-order chi connectivity index (χ1) is 12.5. The van der Waals surface area contributed by atoms with Gasteiger partial charge in [0.25, 0.3) is 0 Å². The van der Waals surface area contributed by atoms with E-state index in [1.807, 2.05) is 12.3 Å². The highest BCUT2D eigenvalue weighted by Crippen LogP contribution is 2.35. The summed E-state index contributed by atoms with van der Waals surface area (Å²) < 4.78 is 0. The Morgan fingerprint density at radius 1 is 1.04 bits per heavy atom. The van der Waals surface area contributed by atoms with E-state index in [-0.39, 0.29) is 0 Å². The summed E-state index contributed by atoms with van der Waals surface area (Å²) in [7, 11) is 4.15. The molecule has 1 N–H and O–H groups in total. The monoisotopic (exact) mass is 343 g/mol. The molecule has 1 aliphatic heterocycles. The number of anilines is 2.